The van der Waals surface area contributed by atoms with Gasteiger partial charge < -0.3 is 19.9 Å². The molecule has 0 bridgehead atoms. The highest BCUT2D eigenvalue weighted by molar-refractivity contribution is 6.01. The second-order valence-electron chi connectivity index (χ2n) is 4.20. The summed E-state index contributed by atoms with van der Waals surface area (Å²) >= 11 is 0. The molecule has 1 amide bonds. The highest BCUT2D eigenvalue weighted by atomic mass is 16.5. The van der Waals surface area contributed by atoms with Gasteiger partial charge >= 0.3 is 0 Å². The third kappa shape index (κ3) is 5.16. The van der Waals surface area contributed by atoms with E-state index < -0.39 is 5.91 Å². The lowest BCUT2D eigenvalue weighted by atomic mass is 10.1. The molecule has 0 aromatic heterocycles. The SMILES string of the molecule is COCCCNC(=O)C(C#N)=Cc1ccc(OC)c(O)c1. The van der Waals surface area contributed by atoms with Crippen LogP contribution in [0.25, 0.3) is 6.08 Å². The van der Waals surface area contributed by atoms with E-state index in [1.165, 1.54) is 19.3 Å². The Balaban J connectivity index is 2.77. The molecule has 1 aromatic carbocycles. The van der Waals surface area contributed by atoms with Crippen LogP contribution in [0.5, 0.6) is 11.5 Å². The molecule has 6 heteroatoms. The van der Waals surface area contributed by atoms with E-state index in [2.05, 4.69) is 5.32 Å². The molecule has 0 heterocycles. The van der Waals surface area contributed by atoms with Crippen molar-refractivity contribution in [3.05, 3.63) is 29.3 Å². The fourth-order valence-electron chi connectivity index (χ4n) is 1.63. The number of aromatic hydroxyl groups is 1. The van der Waals surface area contributed by atoms with Crippen molar-refractivity contribution in [1.29, 1.82) is 5.26 Å². The Bertz CT molecular complexity index is 561. The quantitative estimate of drug-likeness (QED) is 0.450. The number of phenols is 1. The van der Waals surface area contributed by atoms with Crippen molar-refractivity contribution in [2.45, 2.75) is 6.42 Å². The van der Waals surface area contributed by atoms with Gasteiger partial charge in [-0.25, -0.2) is 0 Å². The van der Waals surface area contributed by atoms with Gasteiger partial charge in [0.05, 0.1) is 7.11 Å². The Morgan fingerprint density at radius 3 is 2.81 bits per heavy atom. The molecule has 0 spiro atoms. The molecule has 0 saturated carbocycles. The van der Waals surface area contributed by atoms with Crippen LogP contribution >= 0.6 is 0 Å². The van der Waals surface area contributed by atoms with Gasteiger partial charge in [-0.3, -0.25) is 4.79 Å². The van der Waals surface area contributed by atoms with Crippen molar-refractivity contribution in [3.8, 4) is 17.6 Å². The molecule has 0 saturated heterocycles. The molecule has 6 nitrogen and oxygen atoms in total. The molecule has 21 heavy (non-hydrogen) atoms. The Hall–Kier alpha value is -2.52. The van der Waals surface area contributed by atoms with Crippen LogP contribution in [0.3, 0.4) is 0 Å². The number of nitriles is 1. The monoisotopic (exact) mass is 290 g/mol. The van der Waals surface area contributed by atoms with Gasteiger partial charge in [-0.05, 0) is 30.2 Å². The molecule has 0 aliphatic carbocycles. The van der Waals surface area contributed by atoms with Gasteiger partial charge in [0.15, 0.2) is 11.5 Å². The maximum atomic E-state index is 11.8. The fourth-order valence-corrected chi connectivity index (χ4v) is 1.63. The van der Waals surface area contributed by atoms with Crippen LogP contribution in [0.4, 0.5) is 0 Å². The molecule has 0 aliphatic rings. The molecule has 0 radical (unpaired) electrons. The lowest BCUT2D eigenvalue weighted by Gasteiger charge is -2.05. The first kappa shape index (κ1) is 16.5. The predicted molar refractivity (Wildman–Crippen MR) is 77.8 cm³/mol. The summed E-state index contributed by atoms with van der Waals surface area (Å²) in [7, 11) is 3.03. The number of hydrogen-bond donors (Lipinski definition) is 2. The van der Waals surface area contributed by atoms with Crippen LogP contribution < -0.4 is 10.1 Å². The summed E-state index contributed by atoms with van der Waals surface area (Å²) in [5.74, 6) is -0.178. The third-order valence-electron chi connectivity index (χ3n) is 2.69. The first-order valence-corrected chi connectivity index (χ1v) is 6.38. The van der Waals surface area contributed by atoms with E-state index in [1.54, 1.807) is 19.2 Å². The van der Waals surface area contributed by atoms with Crippen LogP contribution in [0, 0.1) is 11.3 Å². The number of amides is 1. The highest BCUT2D eigenvalue weighted by Crippen LogP contribution is 2.27. The molecule has 0 fully saturated rings. The number of rotatable bonds is 7. The number of nitrogens with zero attached hydrogens (tertiary/aromatic N) is 1. The number of benzene rings is 1. The van der Waals surface area contributed by atoms with Crippen molar-refractivity contribution in [2.75, 3.05) is 27.4 Å². The summed E-state index contributed by atoms with van der Waals surface area (Å²) in [5, 5.41) is 21.3. The van der Waals surface area contributed by atoms with Gasteiger partial charge in [-0.15, -0.1) is 0 Å². The van der Waals surface area contributed by atoms with Crippen molar-refractivity contribution < 1.29 is 19.4 Å². The lowest BCUT2D eigenvalue weighted by molar-refractivity contribution is -0.117. The lowest BCUT2D eigenvalue weighted by Crippen LogP contribution is -2.26. The molecule has 1 rings (SSSR count). The van der Waals surface area contributed by atoms with Crippen LogP contribution in [0.15, 0.2) is 23.8 Å². The Morgan fingerprint density at radius 1 is 1.48 bits per heavy atom. The van der Waals surface area contributed by atoms with E-state index >= 15 is 0 Å². The Labute approximate surface area is 123 Å². The molecule has 0 aliphatic heterocycles. The summed E-state index contributed by atoms with van der Waals surface area (Å²) in [4.78, 5) is 11.8. The smallest absolute Gasteiger partial charge is 0.261 e. The van der Waals surface area contributed by atoms with Crippen molar-refractivity contribution >= 4 is 12.0 Å². The number of ether oxygens (including phenoxy) is 2. The van der Waals surface area contributed by atoms with Crippen LogP contribution in [-0.4, -0.2) is 38.4 Å². The summed E-state index contributed by atoms with van der Waals surface area (Å²) in [6.07, 6.45) is 2.08. The van der Waals surface area contributed by atoms with Crippen LogP contribution in [0.1, 0.15) is 12.0 Å². The normalized spacial score (nSPS) is 10.8. The molecule has 0 unspecified atom stereocenters. The van der Waals surface area contributed by atoms with Gasteiger partial charge in [0.25, 0.3) is 5.91 Å². The summed E-state index contributed by atoms with van der Waals surface area (Å²) in [5.41, 5.74) is 0.508. The molecule has 0 atom stereocenters. The zero-order chi connectivity index (χ0) is 15.7. The number of hydrogen-bond acceptors (Lipinski definition) is 5. The van der Waals surface area contributed by atoms with Crippen molar-refractivity contribution in [2.24, 2.45) is 0 Å². The van der Waals surface area contributed by atoms with Crippen molar-refractivity contribution in [3.63, 3.8) is 0 Å². The maximum Gasteiger partial charge on any atom is 0.261 e. The molecular formula is C15H18N2O4. The van der Waals surface area contributed by atoms with Crippen molar-refractivity contribution in [1.82, 2.24) is 5.32 Å². The van der Waals surface area contributed by atoms with E-state index in [1.807, 2.05) is 6.07 Å². The average molecular weight is 290 g/mol. The Kier molecular flexibility index (Phi) is 6.78. The van der Waals surface area contributed by atoms with E-state index in [9.17, 15) is 9.90 Å². The number of methoxy groups -OCH3 is 2. The second kappa shape index (κ2) is 8.61. The van der Waals surface area contributed by atoms with E-state index in [0.717, 1.165) is 0 Å². The summed E-state index contributed by atoms with van der Waals surface area (Å²) in [6, 6.07) is 6.48. The minimum Gasteiger partial charge on any atom is -0.504 e. The minimum atomic E-state index is -0.455. The first-order chi connectivity index (χ1) is 10.1. The number of carbonyl (C=O) groups excluding carboxylic acids is 1. The zero-order valence-corrected chi connectivity index (χ0v) is 12.0. The van der Waals surface area contributed by atoms with Gasteiger partial charge in [0, 0.05) is 20.3 Å². The number of nitrogens with one attached hydrogen (secondary N) is 1. The molecule has 1 aromatic rings. The summed E-state index contributed by atoms with van der Waals surface area (Å²) in [6.45, 7) is 0.970. The van der Waals surface area contributed by atoms with E-state index in [0.29, 0.717) is 30.9 Å². The van der Waals surface area contributed by atoms with E-state index in [-0.39, 0.29) is 11.3 Å². The minimum absolute atomic E-state index is 0.0306. The number of carbonyl (C=O) groups is 1. The van der Waals surface area contributed by atoms with Gasteiger partial charge in [0.1, 0.15) is 11.6 Å². The van der Waals surface area contributed by atoms with Gasteiger partial charge in [-0.1, -0.05) is 6.07 Å². The van der Waals surface area contributed by atoms with Crippen LogP contribution in [0.2, 0.25) is 0 Å². The first-order valence-electron chi connectivity index (χ1n) is 6.38. The maximum absolute atomic E-state index is 11.8. The fraction of sp³-hybridized carbons (Fsp3) is 0.333. The third-order valence-corrected chi connectivity index (χ3v) is 2.69. The zero-order valence-electron chi connectivity index (χ0n) is 12.0. The predicted octanol–water partition coefficient (Wildman–Crippen LogP) is 1.46. The average Bonchev–Trinajstić information content (AvgIpc) is 2.49. The van der Waals surface area contributed by atoms with Gasteiger partial charge in [0.2, 0.25) is 0 Å². The topological polar surface area (TPSA) is 91.6 Å². The standard InChI is InChI=1S/C15H18N2O4/c1-20-7-3-6-17-15(19)12(10-16)8-11-4-5-14(21-2)13(18)9-11/h4-5,8-9,18H,3,6-7H2,1-2H3,(H,17,19). The van der Waals surface area contributed by atoms with Gasteiger partial charge in [-0.2, -0.15) is 5.26 Å². The molecule has 112 valence electrons. The number of phenolic OH excluding ortho intramolecular Hbond substituents is 1. The molecule has 2 N–H and O–H groups in total. The largest absolute Gasteiger partial charge is 0.504 e. The molecular weight excluding hydrogens is 272 g/mol. The van der Waals surface area contributed by atoms with E-state index in [4.69, 9.17) is 14.7 Å². The second-order valence-corrected chi connectivity index (χ2v) is 4.20. The highest BCUT2D eigenvalue weighted by Gasteiger charge is 2.09. The summed E-state index contributed by atoms with van der Waals surface area (Å²) < 4.78 is 9.80. The van der Waals surface area contributed by atoms with Crippen LogP contribution in [-0.2, 0) is 9.53 Å². The Morgan fingerprint density at radius 2 is 2.24 bits per heavy atom.